The summed E-state index contributed by atoms with van der Waals surface area (Å²) >= 11 is 0. The monoisotopic (exact) mass is 152 g/mol. The molecule has 0 aromatic heterocycles. The van der Waals surface area contributed by atoms with E-state index in [1.165, 1.54) is 6.92 Å². The van der Waals surface area contributed by atoms with Crippen molar-refractivity contribution in [2.75, 3.05) is 0 Å². The van der Waals surface area contributed by atoms with Gasteiger partial charge in [0, 0.05) is 6.42 Å². The van der Waals surface area contributed by atoms with Crippen molar-refractivity contribution in [1.82, 2.24) is 0 Å². The number of rotatable bonds is 4. The van der Waals surface area contributed by atoms with Gasteiger partial charge in [-0.2, -0.15) is 0 Å². The maximum Gasteiger partial charge on any atom is 0.266 e. The van der Waals surface area contributed by atoms with Crippen molar-refractivity contribution in [3.8, 4) is 0 Å². The normalized spacial score (nSPS) is 14.8. The summed E-state index contributed by atoms with van der Waals surface area (Å²) < 4.78 is 36.5. The fourth-order valence-electron chi connectivity index (χ4n) is 0.493. The molecular formula is C7H11F3. The predicted octanol–water partition coefficient (Wildman–Crippen LogP) is 2.95. The van der Waals surface area contributed by atoms with Gasteiger partial charge in [0.2, 0.25) is 0 Å². The fourth-order valence-corrected chi connectivity index (χ4v) is 0.493. The molecule has 0 aliphatic heterocycles. The highest BCUT2D eigenvalue weighted by atomic mass is 19.3. The van der Waals surface area contributed by atoms with Crippen molar-refractivity contribution >= 4 is 0 Å². The summed E-state index contributed by atoms with van der Waals surface area (Å²) in [6.07, 6.45) is -1.17. The number of allylic oxidation sites excluding steroid dienone is 1. The molecule has 3 heteroatoms. The lowest BCUT2D eigenvalue weighted by atomic mass is 10.1. The molecule has 0 aromatic rings. The van der Waals surface area contributed by atoms with Gasteiger partial charge in [0.15, 0.2) is 0 Å². The summed E-state index contributed by atoms with van der Waals surface area (Å²) in [5.41, 5.74) is 0. The van der Waals surface area contributed by atoms with E-state index in [2.05, 4.69) is 6.58 Å². The van der Waals surface area contributed by atoms with Gasteiger partial charge < -0.3 is 0 Å². The van der Waals surface area contributed by atoms with Crippen LogP contribution in [0.1, 0.15) is 19.8 Å². The van der Waals surface area contributed by atoms with E-state index in [0.717, 1.165) is 0 Å². The first-order valence-electron chi connectivity index (χ1n) is 3.13. The summed E-state index contributed by atoms with van der Waals surface area (Å²) in [6.45, 7) is 4.20. The number of alkyl halides is 3. The third kappa shape index (κ3) is 4.41. The SMILES string of the molecule is C=CC(F)(F)CCC(C)F. The second-order valence-corrected chi connectivity index (χ2v) is 2.28. The lowest BCUT2D eigenvalue weighted by Gasteiger charge is -2.10. The van der Waals surface area contributed by atoms with E-state index in [4.69, 9.17) is 0 Å². The predicted molar refractivity (Wildman–Crippen MR) is 34.9 cm³/mol. The van der Waals surface area contributed by atoms with Gasteiger partial charge in [-0.1, -0.05) is 6.58 Å². The summed E-state index contributed by atoms with van der Waals surface area (Å²) in [5.74, 6) is -2.90. The zero-order valence-electron chi connectivity index (χ0n) is 5.91. The molecule has 0 saturated heterocycles. The van der Waals surface area contributed by atoms with Crippen molar-refractivity contribution in [3.05, 3.63) is 12.7 Å². The smallest absolute Gasteiger partial charge is 0.248 e. The molecule has 0 spiro atoms. The van der Waals surface area contributed by atoms with E-state index in [0.29, 0.717) is 6.08 Å². The third-order valence-electron chi connectivity index (χ3n) is 1.17. The Morgan fingerprint density at radius 2 is 2.10 bits per heavy atom. The molecule has 1 unspecified atom stereocenters. The standard InChI is InChI=1S/C7H11F3/c1-3-7(9,10)5-4-6(2)8/h3,6H,1,4-5H2,2H3. The average molecular weight is 152 g/mol. The largest absolute Gasteiger partial charge is 0.266 e. The van der Waals surface area contributed by atoms with E-state index in [1.807, 2.05) is 0 Å². The fraction of sp³-hybridized carbons (Fsp3) is 0.714. The maximum absolute atomic E-state index is 12.2. The van der Waals surface area contributed by atoms with Crippen molar-refractivity contribution in [1.29, 1.82) is 0 Å². The van der Waals surface area contributed by atoms with Crippen molar-refractivity contribution < 1.29 is 13.2 Å². The van der Waals surface area contributed by atoms with Gasteiger partial charge in [-0.25, -0.2) is 13.2 Å². The summed E-state index contributed by atoms with van der Waals surface area (Å²) in [5, 5.41) is 0. The Labute approximate surface area is 58.7 Å². The Bertz CT molecular complexity index is 107. The molecule has 0 aromatic carbocycles. The molecule has 1 atom stereocenters. The first-order valence-corrected chi connectivity index (χ1v) is 3.13. The molecule has 0 radical (unpaired) electrons. The second kappa shape index (κ2) is 3.64. The van der Waals surface area contributed by atoms with Gasteiger partial charge in [0.05, 0.1) is 6.17 Å². The van der Waals surface area contributed by atoms with Gasteiger partial charge in [0.25, 0.3) is 5.92 Å². The van der Waals surface area contributed by atoms with Crippen LogP contribution in [0.2, 0.25) is 0 Å². The van der Waals surface area contributed by atoms with Gasteiger partial charge >= 0.3 is 0 Å². The van der Waals surface area contributed by atoms with Gasteiger partial charge in [-0.15, -0.1) is 0 Å². The molecule has 60 valence electrons. The van der Waals surface area contributed by atoms with Crippen molar-refractivity contribution in [2.24, 2.45) is 0 Å². The van der Waals surface area contributed by atoms with E-state index in [-0.39, 0.29) is 6.42 Å². The average Bonchev–Trinajstić information content (AvgIpc) is 1.85. The zero-order valence-corrected chi connectivity index (χ0v) is 5.91. The maximum atomic E-state index is 12.2. The topological polar surface area (TPSA) is 0 Å². The van der Waals surface area contributed by atoms with Crippen molar-refractivity contribution in [2.45, 2.75) is 31.9 Å². The minimum Gasteiger partial charge on any atom is -0.248 e. The Morgan fingerprint density at radius 1 is 1.60 bits per heavy atom. The van der Waals surface area contributed by atoms with Crippen LogP contribution in [0.25, 0.3) is 0 Å². The van der Waals surface area contributed by atoms with Crippen LogP contribution in [0.3, 0.4) is 0 Å². The summed E-state index contributed by atoms with van der Waals surface area (Å²) in [4.78, 5) is 0. The summed E-state index contributed by atoms with van der Waals surface area (Å²) in [6, 6.07) is 0. The minimum absolute atomic E-state index is 0.112. The van der Waals surface area contributed by atoms with Crippen LogP contribution in [-0.4, -0.2) is 12.1 Å². The van der Waals surface area contributed by atoms with Gasteiger partial charge in [-0.05, 0) is 19.4 Å². The van der Waals surface area contributed by atoms with Crippen molar-refractivity contribution in [3.63, 3.8) is 0 Å². The quantitative estimate of drug-likeness (QED) is 0.543. The molecule has 0 heterocycles. The lowest BCUT2D eigenvalue weighted by Crippen LogP contribution is -2.13. The molecule has 0 aliphatic rings. The van der Waals surface area contributed by atoms with Crippen LogP contribution in [0.4, 0.5) is 13.2 Å². The Balaban J connectivity index is 3.56. The van der Waals surface area contributed by atoms with Crippen LogP contribution in [0.5, 0.6) is 0 Å². The molecule has 10 heavy (non-hydrogen) atoms. The van der Waals surface area contributed by atoms with Crippen LogP contribution < -0.4 is 0 Å². The number of halogens is 3. The van der Waals surface area contributed by atoms with E-state index < -0.39 is 18.5 Å². The molecule has 0 amide bonds. The van der Waals surface area contributed by atoms with Gasteiger partial charge in [-0.3, -0.25) is 0 Å². The van der Waals surface area contributed by atoms with Gasteiger partial charge in [0.1, 0.15) is 0 Å². The zero-order chi connectivity index (χ0) is 8.20. The molecule has 0 bridgehead atoms. The van der Waals surface area contributed by atoms with E-state index in [9.17, 15) is 13.2 Å². The highest BCUT2D eigenvalue weighted by molar-refractivity contribution is 4.86. The molecule has 0 nitrogen and oxygen atoms in total. The van der Waals surface area contributed by atoms with Crippen LogP contribution >= 0.6 is 0 Å². The first-order chi connectivity index (χ1) is 4.48. The molecular weight excluding hydrogens is 141 g/mol. The van der Waals surface area contributed by atoms with E-state index in [1.54, 1.807) is 0 Å². The van der Waals surface area contributed by atoms with Crippen LogP contribution in [0.15, 0.2) is 12.7 Å². The molecule has 0 aliphatic carbocycles. The third-order valence-corrected chi connectivity index (χ3v) is 1.17. The van der Waals surface area contributed by atoms with Crippen LogP contribution in [-0.2, 0) is 0 Å². The Kier molecular flexibility index (Phi) is 3.47. The number of hydrogen-bond donors (Lipinski definition) is 0. The minimum atomic E-state index is -2.90. The number of hydrogen-bond acceptors (Lipinski definition) is 0. The molecule has 0 saturated carbocycles. The second-order valence-electron chi connectivity index (χ2n) is 2.28. The molecule has 0 N–H and O–H groups in total. The van der Waals surface area contributed by atoms with E-state index >= 15 is 0 Å². The highest BCUT2D eigenvalue weighted by Crippen LogP contribution is 2.22. The molecule has 0 fully saturated rings. The Morgan fingerprint density at radius 3 is 2.40 bits per heavy atom. The highest BCUT2D eigenvalue weighted by Gasteiger charge is 2.23. The van der Waals surface area contributed by atoms with Crippen LogP contribution in [0, 0.1) is 0 Å². The summed E-state index contributed by atoms with van der Waals surface area (Å²) in [7, 11) is 0. The Hall–Kier alpha value is -0.470. The lowest BCUT2D eigenvalue weighted by molar-refractivity contribution is 0.0373. The first kappa shape index (κ1) is 9.53. The molecule has 0 rings (SSSR count).